The van der Waals surface area contributed by atoms with Crippen LogP contribution in [-0.2, 0) is 4.79 Å². The number of anilines is 1. The molecule has 0 atom stereocenters. The lowest BCUT2D eigenvalue weighted by Gasteiger charge is -2.11. The highest BCUT2D eigenvalue weighted by Gasteiger charge is 2.15. The lowest BCUT2D eigenvalue weighted by molar-refractivity contribution is -0.384. The van der Waals surface area contributed by atoms with Crippen molar-refractivity contribution in [1.29, 1.82) is 0 Å². The number of aromatic nitrogens is 2. The van der Waals surface area contributed by atoms with Crippen LogP contribution in [0.5, 0.6) is 0 Å². The predicted molar refractivity (Wildman–Crippen MR) is 127 cm³/mol. The maximum atomic E-state index is 13.4. The lowest BCUT2D eigenvalue weighted by atomic mass is 10.1. The number of carbonyl (C=O) groups excluding carboxylic acids is 1. The zero-order valence-corrected chi connectivity index (χ0v) is 18.6. The Balaban J connectivity index is 1.61. The van der Waals surface area contributed by atoms with Gasteiger partial charge >= 0.3 is 0 Å². The maximum Gasteiger partial charge on any atom is 0.271 e. The van der Waals surface area contributed by atoms with Crippen LogP contribution in [0.15, 0.2) is 65.7 Å². The Morgan fingerprint density at radius 1 is 1.06 bits per heavy atom. The lowest BCUT2D eigenvalue weighted by Crippen LogP contribution is -2.15. The molecule has 1 N–H and O–H groups in total. The minimum atomic E-state index is -0.504. The molecule has 0 radical (unpaired) electrons. The fourth-order valence-corrected chi connectivity index (χ4v) is 4.09. The van der Waals surface area contributed by atoms with Crippen molar-refractivity contribution in [3.8, 4) is 11.4 Å². The summed E-state index contributed by atoms with van der Waals surface area (Å²) in [6.45, 7) is 3.71. The molecule has 1 amide bonds. The Bertz CT molecular complexity index is 1380. The van der Waals surface area contributed by atoms with E-state index in [1.54, 1.807) is 25.1 Å². The monoisotopic (exact) mass is 462 g/mol. The predicted octanol–water partition coefficient (Wildman–Crippen LogP) is 5.69. The number of amides is 1. The number of para-hydroxylation sites is 1. The molecule has 0 spiro atoms. The summed E-state index contributed by atoms with van der Waals surface area (Å²) in [6.07, 6.45) is 0. The molecule has 9 heteroatoms. The first-order valence-electron chi connectivity index (χ1n) is 10.0. The smallest absolute Gasteiger partial charge is 0.271 e. The number of aryl methyl sites for hydroxylation is 2. The third-order valence-corrected chi connectivity index (χ3v) is 6.03. The molecule has 0 saturated carbocycles. The average molecular weight is 463 g/mol. The molecular formula is C24H19FN4O3S. The van der Waals surface area contributed by atoms with Gasteiger partial charge in [-0.25, -0.2) is 14.4 Å². The van der Waals surface area contributed by atoms with Crippen molar-refractivity contribution >= 4 is 39.9 Å². The summed E-state index contributed by atoms with van der Waals surface area (Å²) < 4.78 is 13.4. The molecule has 0 aliphatic carbocycles. The highest BCUT2D eigenvalue weighted by molar-refractivity contribution is 8.00. The number of carbonyl (C=O) groups is 1. The molecule has 166 valence electrons. The van der Waals surface area contributed by atoms with E-state index in [1.807, 2.05) is 25.1 Å². The Morgan fingerprint density at radius 2 is 1.82 bits per heavy atom. The topological polar surface area (TPSA) is 98.0 Å². The van der Waals surface area contributed by atoms with Gasteiger partial charge in [-0.3, -0.25) is 14.9 Å². The van der Waals surface area contributed by atoms with Crippen molar-refractivity contribution in [1.82, 2.24) is 9.97 Å². The van der Waals surface area contributed by atoms with Crippen molar-refractivity contribution in [2.45, 2.75) is 18.9 Å². The third kappa shape index (κ3) is 4.98. The van der Waals surface area contributed by atoms with E-state index < -0.39 is 4.92 Å². The summed E-state index contributed by atoms with van der Waals surface area (Å²) in [7, 11) is 0. The number of nitrogens with one attached hydrogen (secondary N) is 1. The van der Waals surface area contributed by atoms with Gasteiger partial charge < -0.3 is 5.32 Å². The molecule has 7 nitrogen and oxygen atoms in total. The average Bonchev–Trinajstić information content (AvgIpc) is 2.79. The van der Waals surface area contributed by atoms with Crippen LogP contribution in [0.2, 0.25) is 0 Å². The number of hydrogen-bond donors (Lipinski definition) is 1. The van der Waals surface area contributed by atoms with E-state index in [2.05, 4.69) is 15.3 Å². The van der Waals surface area contributed by atoms with Crippen molar-refractivity contribution in [2.75, 3.05) is 11.1 Å². The molecule has 1 heterocycles. The second-order valence-corrected chi connectivity index (χ2v) is 8.39. The van der Waals surface area contributed by atoms with E-state index in [-0.39, 0.29) is 23.2 Å². The summed E-state index contributed by atoms with van der Waals surface area (Å²) >= 11 is 1.24. The summed E-state index contributed by atoms with van der Waals surface area (Å²) in [4.78, 5) is 32.5. The van der Waals surface area contributed by atoms with Gasteiger partial charge in [-0.1, -0.05) is 36.0 Å². The fraction of sp³-hybridized carbons (Fsp3) is 0.125. The van der Waals surface area contributed by atoms with Crippen LogP contribution in [0.1, 0.15) is 11.1 Å². The minimum absolute atomic E-state index is 0.0467. The van der Waals surface area contributed by atoms with Crippen LogP contribution in [0.3, 0.4) is 0 Å². The summed E-state index contributed by atoms with van der Waals surface area (Å²) in [5, 5.41) is 15.2. The largest absolute Gasteiger partial charge is 0.325 e. The summed E-state index contributed by atoms with van der Waals surface area (Å²) in [5.41, 5.74) is 3.40. The molecule has 0 aliphatic rings. The number of rotatable bonds is 6. The molecule has 3 aromatic carbocycles. The highest BCUT2D eigenvalue weighted by atomic mass is 32.2. The van der Waals surface area contributed by atoms with Crippen LogP contribution in [0.4, 0.5) is 15.8 Å². The van der Waals surface area contributed by atoms with E-state index in [4.69, 9.17) is 0 Å². The third-order valence-electron chi connectivity index (χ3n) is 5.04. The number of hydrogen-bond acceptors (Lipinski definition) is 6. The van der Waals surface area contributed by atoms with E-state index in [0.29, 0.717) is 22.1 Å². The van der Waals surface area contributed by atoms with Gasteiger partial charge in [-0.2, -0.15) is 0 Å². The van der Waals surface area contributed by atoms with Gasteiger partial charge in [-0.05, 0) is 49.2 Å². The zero-order chi connectivity index (χ0) is 23.5. The first-order chi connectivity index (χ1) is 15.8. The van der Waals surface area contributed by atoms with E-state index in [1.165, 1.54) is 36.0 Å². The molecule has 0 saturated heterocycles. The van der Waals surface area contributed by atoms with Crippen molar-refractivity contribution in [3.63, 3.8) is 0 Å². The van der Waals surface area contributed by atoms with Gasteiger partial charge in [0.25, 0.3) is 5.69 Å². The second-order valence-electron chi connectivity index (χ2n) is 7.42. The van der Waals surface area contributed by atoms with E-state index in [9.17, 15) is 19.3 Å². The molecule has 0 fully saturated rings. The van der Waals surface area contributed by atoms with Gasteiger partial charge in [-0.15, -0.1) is 0 Å². The van der Waals surface area contributed by atoms with Gasteiger partial charge in [0.05, 0.1) is 21.9 Å². The number of non-ortho nitro benzene ring substituents is 1. The molecule has 4 aromatic rings. The Hall–Kier alpha value is -3.85. The number of nitro benzene ring substituents is 1. The van der Waals surface area contributed by atoms with Crippen molar-refractivity contribution in [3.05, 3.63) is 87.7 Å². The number of nitro groups is 1. The Kier molecular flexibility index (Phi) is 6.32. The SMILES string of the molecule is Cc1ccc([N+](=O)[O-])cc1NC(=O)CSc1nc(-c2ccc(F)cc2)nc2c(C)cccc12. The second kappa shape index (κ2) is 9.33. The number of thioether (sulfide) groups is 1. The van der Waals surface area contributed by atoms with Gasteiger partial charge in [0.15, 0.2) is 5.82 Å². The molecule has 33 heavy (non-hydrogen) atoms. The minimum Gasteiger partial charge on any atom is -0.325 e. The molecule has 0 unspecified atom stereocenters. The van der Waals surface area contributed by atoms with E-state index >= 15 is 0 Å². The fourth-order valence-electron chi connectivity index (χ4n) is 3.28. The number of halogens is 1. The molecule has 4 rings (SSSR count). The Morgan fingerprint density at radius 3 is 2.55 bits per heavy atom. The standard InChI is InChI=1S/C24H19FN4O3S/c1-14-6-11-18(29(31)32)12-20(14)26-21(30)13-33-24-19-5-3-4-15(2)22(19)27-23(28-24)16-7-9-17(25)10-8-16/h3-12H,13H2,1-2H3,(H,26,30). The van der Waals surface area contributed by atoms with Crippen LogP contribution < -0.4 is 5.32 Å². The highest BCUT2D eigenvalue weighted by Crippen LogP contribution is 2.30. The van der Waals surface area contributed by atoms with Crippen LogP contribution in [0, 0.1) is 29.8 Å². The number of benzene rings is 3. The van der Waals surface area contributed by atoms with Crippen molar-refractivity contribution < 1.29 is 14.1 Å². The van der Waals surface area contributed by atoms with Crippen LogP contribution in [-0.4, -0.2) is 26.6 Å². The quantitative estimate of drug-likeness (QED) is 0.171. The van der Waals surface area contributed by atoms with Gasteiger partial charge in [0, 0.05) is 23.1 Å². The van der Waals surface area contributed by atoms with Crippen LogP contribution >= 0.6 is 11.8 Å². The van der Waals surface area contributed by atoms with Gasteiger partial charge in [0.1, 0.15) is 10.8 Å². The molecule has 1 aromatic heterocycles. The summed E-state index contributed by atoms with van der Waals surface area (Å²) in [6, 6.07) is 16.0. The van der Waals surface area contributed by atoms with E-state index in [0.717, 1.165) is 22.0 Å². The molecule has 0 aliphatic heterocycles. The van der Waals surface area contributed by atoms with Crippen LogP contribution in [0.25, 0.3) is 22.3 Å². The van der Waals surface area contributed by atoms with Crippen molar-refractivity contribution in [2.24, 2.45) is 0 Å². The Labute approximate surface area is 193 Å². The summed E-state index contributed by atoms with van der Waals surface area (Å²) in [5.74, 6) is -0.176. The molecular weight excluding hydrogens is 443 g/mol. The molecule has 0 bridgehead atoms. The van der Waals surface area contributed by atoms with Gasteiger partial charge in [0.2, 0.25) is 5.91 Å². The normalized spacial score (nSPS) is 10.9. The first kappa shape index (κ1) is 22.3. The number of fused-ring (bicyclic) bond motifs is 1. The number of nitrogens with zero attached hydrogens (tertiary/aromatic N) is 3. The zero-order valence-electron chi connectivity index (χ0n) is 17.8. The maximum absolute atomic E-state index is 13.4. The first-order valence-corrected chi connectivity index (χ1v) is 11.0.